The van der Waals surface area contributed by atoms with Crippen LogP contribution in [0.2, 0.25) is 0 Å². The van der Waals surface area contributed by atoms with Crippen molar-refractivity contribution in [1.82, 2.24) is 40.4 Å². The fourth-order valence-electron chi connectivity index (χ4n) is 11.1. The van der Waals surface area contributed by atoms with E-state index in [9.17, 15) is 19.2 Å². The number of hydrogen-bond donors (Lipinski definition) is 4. The Morgan fingerprint density at radius 3 is 1.57 bits per heavy atom. The Balaban J connectivity index is 1.09. The van der Waals surface area contributed by atoms with Crippen molar-refractivity contribution >= 4 is 29.7 Å². The number of aromatic amines is 2. The Kier molecular flexibility index (Phi) is 17.0. The van der Waals surface area contributed by atoms with E-state index < -0.39 is 24.3 Å². The summed E-state index contributed by atoms with van der Waals surface area (Å²) in [7, 11) is 2.78. The molecule has 3 aliphatic rings. The van der Waals surface area contributed by atoms with Crippen LogP contribution in [0.25, 0.3) is 22.5 Å². The maximum atomic E-state index is 13.9. The zero-order chi connectivity index (χ0) is 53.7. The quantitative estimate of drug-likeness (QED) is 0.0692. The molecule has 2 aromatic heterocycles. The van der Waals surface area contributed by atoms with Crippen LogP contribution in [0.5, 0.6) is 0 Å². The van der Waals surface area contributed by atoms with Crippen molar-refractivity contribution in [2.45, 2.75) is 142 Å². The molecule has 0 unspecified atom stereocenters. The average molecular weight is 1030 g/mol. The summed E-state index contributed by atoms with van der Waals surface area (Å²) in [5, 5.41) is 5.20. The molecular weight excluding hydrogens is 951 g/mol. The molecule has 3 aliphatic heterocycles. The number of anilines is 1. The topological polar surface area (TPSA) is 196 Å². The van der Waals surface area contributed by atoms with Crippen molar-refractivity contribution in [2.24, 2.45) is 11.8 Å². The number of nitrogens with zero attached hydrogens (tertiary/aromatic N) is 5. The Hall–Kier alpha value is -6.72. The molecule has 17 heteroatoms. The van der Waals surface area contributed by atoms with Crippen molar-refractivity contribution in [3.63, 3.8) is 0 Å². The summed E-state index contributed by atoms with van der Waals surface area (Å²) < 4.78 is 23.9. The van der Waals surface area contributed by atoms with Crippen LogP contribution in [0, 0.1) is 11.8 Å². The summed E-state index contributed by atoms with van der Waals surface area (Å²) in [4.78, 5) is 74.8. The first kappa shape index (κ1) is 54.5. The van der Waals surface area contributed by atoms with Crippen molar-refractivity contribution in [1.29, 1.82) is 0 Å². The fraction of sp³-hybridized carbons (Fsp3) is 0.517. The first-order valence-electron chi connectivity index (χ1n) is 26.7. The summed E-state index contributed by atoms with van der Waals surface area (Å²) in [5.74, 6) is 0.685. The van der Waals surface area contributed by atoms with Gasteiger partial charge in [0.25, 0.3) is 5.91 Å². The molecule has 0 aliphatic carbocycles. The number of nitrogens with one attached hydrogen (secondary N) is 4. The molecule has 3 aromatic carbocycles. The maximum Gasteiger partial charge on any atom is 0.407 e. The number of H-pyrrole nitrogens is 2. The fourth-order valence-corrected chi connectivity index (χ4v) is 11.1. The van der Waals surface area contributed by atoms with Crippen molar-refractivity contribution in [3.05, 3.63) is 114 Å². The van der Waals surface area contributed by atoms with Crippen LogP contribution in [0.1, 0.15) is 141 Å². The highest BCUT2D eigenvalue weighted by atomic mass is 16.6. The zero-order valence-corrected chi connectivity index (χ0v) is 45.5. The second-order valence-corrected chi connectivity index (χ2v) is 21.6. The van der Waals surface area contributed by atoms with Crippen molar-refractivity contribution in [2.75, 3.05) is 45.4 Å². The summed E-state index contributed by atoms with van der Waals surface area (Å²) in [5.41, 5.74) is 7.93. The number of hydrogen-bond acceptors (Lipinski definition) is 11. The van der Waals surface area contributed by atoms with Crippen LogP contribution in [-0.2, 0) is 34.0 Å². The molecular formula is C58H77N9O8. The smallest absolute Gasteiger partial charge is 0.407 e. The summed E-state index contributed by atoms with van der Waals surface area (Å²) in [6.45, 7) is 20.4. The third-order valence-electron chi connectivity index (χ3n) is 15.0. The van der Waals surface area contributed by atoms with Gasteiger partial charge in [0.2, 0.25) is 5.91 Å². The number of amides is 4. The molecule has 0 radical (unpaired) electrons. The van der Waals surface area contributed by atoms with E-state index in [1.165, 1.54) is 19.7 Å². The van der Waals surface area contributed by atoms with E-state index in [4.69, 9.17) is 28.9 Å². The lowest BCUT2D eigenvalue weighted by Gasteiger charge is -2.34. The number of ether oxygens (including phenoxy) is 4. The lowest BCUT2D eigenvalue weighted by molar-refractivity contribution is -0.143. The molecule has 0 saturated carbocycles. The van der Waals surface area contributed by atoms with E-state index in [0.717, 1.165) is 65.0 Å². The SMILES string of the molecule is CCO[C@@H]1[C@H](OCC)[C@@H](c2ccc(-c3cnc([C@@H]4CCCN4C(=O)[C@@H](OC(=O)NC)C(C)C)[nH]3)cc2)N(c2ccc(C(C)(C)C)cc2)[C@H]1c1ccc(-c2cnc([C@@H]3CCCN3C(=O)[C@@H](NC(=O)OC)C(C)C)[nH]2)cc1. The monoisotopic (exact) mass is 1030 g/mol. The average Bonchev–Trinajstić information content (AvgIpc) is 4.28. The third kappa shape index (κ3) is 11.6. The molecule has 4 amide bonds. The number of rotatable bonds is 17. The highest BCUT2D eigenvalue weighted by molar-refractivity contribution is 5.86. The van der Waals surface area contributed by atoms with Gasteiger partial charge in [-0.25, -0.2) is 19.6 Å². The number of imidazole rings is 2. The Morgan fingerprint density at radius 1 is 0.680 bits per heavy atom. The molecule has 0 spiro atoms. The minimum atomic E-state index is -0.907. The standard InChI is InChI=1S/C58H77N9O8/c1-12-73-50-47(38-22-18-36(19-23-38)42-32-60-52(62-42)44-16-14-30-65(44)54(68)46(34(3)4)64-57(71)72-11)67(41-28-26-40(27-29-41)58(7,8)9)48(51(50)74-13-2)39-24-20-37(21-25-39)43-33-61-53(63-43)45-17-15-31-66(45)55(69)49(35(5)6)75-56(70)59-10/h18-29,32-35,44-51H,12-17,30-31H2,1-11H3,(H,59,70)(H,60,62)(H,61,63)(H,64,71)/t44-,45-,46-,47-,48+,49-,50-,51+/m0/s1. The van der Waals surface area contributed by atoms with Crippen molar-refractivity contribution < 1.29 is 38.1 Å². The van der Waals surface area contributed by atoms with E-state index in [2.05, 4.69) is 119 Å². The van der Waals surface area contributed by atoms with Gasteiger partial charge in [-0.1, -0.05) is 109 Å². The summed E-state index contributed by atoms with van der Waals surface area (Å²) in [6.07, 6.45) is 3.92. The largest absolute Gasteiger partial charge is 0.453 e. The molecule has 3 fully saturated rings. The summed E-state index contributed by atoms with van der Waals surface area (Å²) in [6, 6.07) is 24.3. The predicted octanol–water partition coefficient (Wildman–Crippen LogP) is 9.97. The maximum absolute atomic E-state index is 13.9. The number of methoxy groups -OCH3 is 1. The minimum absolute atomic E-state index is 0.0398. The Morgan fingerprint density at radius 2 is 1.16 bits per heavy atom. The second-order valence-electron chi connectivity index (χ2n) is 21.6. The van der Waals surface area contributed by atoms with Crippen LogP contribution in [0.15, 0.2) is 85.2 Å². The van der Waals surface area contributed by atoms with E-state index in [0.29, 0.717) is 38.0 Å². The van der Waals surface area contributed by atoms with Crippen LogP contribution in [0.3, 0.4) is 0 Å². The number of alkyl carbamates (subject to hydrolysis) is 2. The first-order chi connectivity index (χ1) is 36.0. The highest BCUT2D eigenvalue weighted by Crippen LogP contribution is 2.50. The van der Waals surface area contributed by atoms with Gasteiger partial charge in [-0.2, -0.15) is 0 Å². The van der Waals surface area contributed by atoms with Gasteiger partial charge in [-0.15, -0.1) is 0 Å². The number of benzene rings is 3. The lowest BCUT2D eigenvalue weighted by atomic mass is 9.87. The molecule has 75 heavy (non-hydrogen) atoms. The van der Waals surface area contributed by atoms with Gasteiger partial charge in [0, 0.05) is 39.0 Å². The van der Waals surface area contributed by atoms with E-state index in [1.54, 1.807) is 4.90 Å². The molecule has 5 aromatic rings. The van der Waals surface area contributed by atoms with Crippen LogP contribution in [0.4, 0.5) is 15.3 Å². The Bertz CT molecular complexity index is 2570. The molecule has 402 valence electrons. The first-order valence-corrected chi connectivity index (χ1v) is 26.7. The summed E-state index contributed by atoms with van der Waals surface area (Å²) >= 11 is 0. The van der Waals surface area contributed by atoms with Gasteiger partial charge >= 0.3 is 12.2 Å². The van der Waals surface area contributed by atoms with Crippen LogP contribution in [-0.4, -0.2) is 119 Å². The number of carbonyl (C=O) groups is 4. The number of likely N-dealkylation sites (tertiary alicyclic amines) is 2. The number of aromatic nitrogens is 4. The van der Waals surface area contributed by atoms with Gasteiger partial charge in [-0.3, -0.25) is 9.59 Å². The third-order valence-corrected chi connectivity index (χ3v) is 15.0. The van der Waals surface area contributed by atoms with Gasteiger partial charge < -0.3 is 54.2 Å². The van der Waals surface area contributed by atoms with E-state index in [-0.39, 0.29) is 65.4 Å². The molecule has 17 nitrogen and oxygen atoms in total. The number of carbonyl (C=O) groups excluding carboxylic acids is 4. The molecule has 8 atom stereocenters. The van der Waals surface area contributed by atoms with Gasteiger partial charge in [0.05, 0.1) is 55.1 Å². The van der Waals surface area contributed by atoms with Gasteiger partial charge in [0.1, 0.15) is 29.9 Å². The molecule has 8 rings (SSSR count). The molecule has 0 bridgehead atoms. The van der Waals surface area contributed by atoms with Crippen molar-refractivity contribution in [3.8, 4) is 22.5 Å². The normalized spacial score (nSPS) is 21.7. The van der Waals surface area contributed by atoms with E-state index >= 15 is 0 Å². The predicted molar refractivity (Wildman–Crippen MR) is 288 cm³/mol. The highest BCUT2D eigenvalue weighted by Gasteiger charge is 2.52. The molecule has 3 saturated heterocycles. The Labute approximate surface area is 441 Å². The zero-order valence-electron chi connectivity index (χ0n) is 45.5. The van der Waals surface area contributed by atoms with Crippen LogP contribution >= 0.6 is 0 Å². The van der Waals surface area contributed by atoms with E-state index in [1.807, 2.05) is 58.8 Å². The second kappa shape index (κ2) is 23.4. The van der Waals surface area contributed by atoms with Crippen LogP contribution < -0.4 is 15.5 Å². The lowest BCUT2D eigenvalue weighted by Crippen LogP contribution is -2.51. The van der Waals surface area contributed by atoms with Gasteiger partial charge in [0.15, 0.2) is 6.10 Å². The minimum Gasteiger partial charge on any atom is -0.453 e. The molecule has 4 N–H and O–H groups in total. The molecule has 5 heterocycles. The van der Waals surface area contributed by atoms with Gasteiger partial charge in [-0.05, 0) is 96.7 Å².